The first kappa shape index (κ1) is 17.4. The van der Waals surface area contributed by atoms with Gasteiger partial charge in [-0.1, -0.05) is 19.0 Å². The number of ether oxygens (including phenoxy) is 1. The highest BCUT2D eigenvalue weighted by molar-refractivity contribution is 5.78. The van der Waals surface area contributed by atoms with E-state index in [1.54, 1.807) is 0 Å². The Labute approximate surface area is 143 Å². The first-order valence-corrected chi connectivity index (χ1v) is 8.94. The van der Waals surface area contributed by atoms with Crippen LogP contribution in [-0.4, -0.2) is 52.8 Å². The molecule has 2 fully saturated rings. The summed E-state index contributed by atoms with van der Waals surface area (Å²) >= 11 is 0. The molecule has 0 unspecified atom stereocenters. The molecule has 7 heteroatoms. The summed E-state index contributed by atoms with van der Waals surface area (Å²) in [7, 11) is 0. The molecule has 0 radical (unpaired) electrons. The van der Waals surface area contributed by atoms with Crippen LogP contribution in [0.15, 0.2) is 4.52 Å². The summed E-state index contributed by atoms with van der Waals surface area (Å²) < 4.78 is 11.1. The molecular formula is C17H28N4O3. The summed E-state index contributed by atoms with van der Waals surface area (Å²) in [6.07, 6.45) is 2.45. The topological polar surface area (TPSA) is 80.5 Å². The monoisotopic (exact) mass is 336 g/mol. The lowest BCUT2D eigenvalue weighted by molar-refractivity contribution is -0.142. The minimum Gasteiger partial charge on any atom is -0.372 e. The first-order chi connectivity index (χ1) is 11.4. The summed E-state index contributed by atoms with van der Waals surface area (Å²) in [6, 6.07) is -0.107. The highest BCUT2D eigenvalue weighted by Gasteiger charge is 2.32. The number of nitrogens with one attached hydrogen (secondary N) is 1. The fraction of sp³-hybridized carbons (Fsp3) is 0.824. The fourth-order valence-corrected chi connectivity index (χ4v) is 3.18. The summed E-state index contributed by atoms with van der Waals surface area (Å²) in [5, 5.41) is 7.39. The largest absolute Gasteiger partial charge is 0.372 e. The van der Waals surface area contributed by atoms with Crippen molar-refractivity contribution in [3.05, 3.63) is 11.7 Å². The molecule has 0 spiro atoms. The number of carbonyl (C=O) groups is 1. The predicted octanol–water partition coefficient (Wildman–Crippen LogP) is 1.87. The SMILES string of the molecule is CC(C)[C@@H](NCC(=O)N1C[C@@H](C)O[C@H](C)C1)c1nc(C2CC2)no1. The van der Waals surface area contributed by atoms with E-state index < -0.39 is 0 Å². The number of nitrogens with zero attached hydrogens (tertiary/aromatic N) is 3. The van der Waals surface area contributed by atoms with Crippen LogP contribution in [0.1, 0.15) is 64.2 Å². The maximum Gasteiger partial charge on any atom is 0.244 e. The van der Waals surface area contributed by atoms with Gasteiger partial charge in [0.1, 0.15) is 0 Å². The molecule has 3 rings (SSSR count). The standard InChI is InChI=1S/C17H28N4O3/c1-10(2)15(17-19-16(20-24-17)13-5-6-13)18-7-14(22)21-8-11(3)23-12(4)9-21/h10-13,15,18H,5-9H2,1-4H3/t11-,12-,15-/m1/s1. The van der Waals surface area contributed by atoms with Crippen molar-refractivity contribution < 1.29 is 14.1 Å². The van der Waals surface area contributed by atoms with Crippen molar-refractivity contribution in [3.63, 3.8) is 0 Å². The van der Waals surface area contributed by atoms with Gasteiger partial charge in [-0.3, -0.25) is 10.1 Å². The van der Waals surface area contributed by atoms with Crippen LogP contribution >= 0.6 is 0 Å². The lowest BCUT2D eigenvalue weighted by Crippen LogP contribution is -2.51. The highest BCUT2D eigenvalue weighted by atomic mass is 16.5. The molecule has 0 aromatic carbocycles. The van der Waals surface area contributed by atoms with Crippen molar-refractivity contribution in [3.8, 4) is 0 Å². The third kappa shape index (κ3) is 4.13. The van der Waals surface area contributed by atoms with E-state index >= 15 is 0 Å². The van der Waals surface area contributed by atoms with Crippen LogP contribution in [0.2, 0.25) is 0 Å². The van der Waals surface area contributed by atoms with E-state index in [0.29, 0.717) is 24.9 Å². The molecular weight excluding hydrogens is 308 g/mol. The van der Waals surface area contributed by atoms with E-state index in [4.69, 9.17) is 9.26 Å². The van der Waals surface area contributed by atoms with Crippen LogP contribution in [0.4, 0.5) is 0 Å². The summed E-state index contributed by atoms with van der Waals surface area (Å²) in [5.41, 5.74) is 0. The fourth-order valence-electron chi connectivity index (χ4n) is 3.18. The molecule has 24 heavy (non-hydrogen) atoms. The minimum atomic E-state index is -0.107. The molecule has 1 amide bonds. The Morgan fingerprint density at radius 1 is 1.29 bits per heavy atom. The predicted molar refractivity (Wildman–Crippen MR) is 88.4 cm³/mol. The van der Waals surface area contributed by atoms with E-state index in [1.807, 2.05) is 18.7 Å². The van der Waals surface area contributed by atoms with E-state index in [9.17, 15) is 4.79 Å². The van der Waals surface area contributed by atoms with Crippen molar-refractivity contribution in [1.82, 2.24) is 20.4 Å². The summed E-state index contributed by atoms with van der Waals surface area (Å²) in [6.45, 7) is 9.72. The van der Waals surface area contributed by atoms with Gasteiger partial charge >= 0.3 is 0 Å². The molecule has 1 aromatic rings. The van der Waals surface area contributed by atoms with E-state index in [0.717, 1.165) is 18.7 Å². The zero-order valence-corrected chi connectivity index (χ0v) is 15.0. The van der Waals surface area contributed by atoms with E-state index in [2.05, 4.69) is 29.3 Å². The van der Waals surface area contributed by atoms with E-state index in [1.165, 1.54) is 0 Å². The van der Waals surface area contributed by atoms with Gasteiger partial charge in [0.25, 0.3) is 0 Å². The molecule has 1 aliphatic carbocycles. The van der Waals surface area contributed by atoms with Gasteiger partial charge < -0.3 is 14.2 Å². The Bertz CT molecular complexity index is 560. The Morgan fingerprint density at radius 2 is 1.96 bits per heavy atom. The number of hydrogen-bond acceptors (Lipinski definition) is 6. The smallest absolute Gasteiger partial charge is 0.244 e. The molecule has 3 atom stereocenters. The summed E-state index contributed by atoms with van der Waals surface area (Å²) in [5.74, 6) is 2.20. The maximum atomic E-state index is 12.5. The van der Waals surface area contributed by atoms with Crippen LogP contribution in [0, 0.1) is 5.92 Å². The maximum absolute atomic E-state index is 12.5. The molecule has 1 saturated heterocycles. The second-order valence-electron chi connectivity index (χ2n) is 7.42. The second-order valence-corrected chi connectivity index (χ2v) is 7.42. The molecule has 1 N–H and O–H groups in total. The number of rotatable bonds is 6. The van der Waals surface area contributed by atoms with Crippen LogP contribution in [0.3, 0.4) is 0 Å². The van der Waals surface area contributed by atoms with Crippen molar-refractivity contribution in [2.24, 2.45) is 5.92 Å². The van der Waals surface area contributed by atoms with Gasteiger partial charge in [-0.25, -0.2) is 0 Å². The Balaban J connectivity index is 1.58. The van der Waals surface area contributed by atoms with E-state index in [-0.39, 0.29) is 36.6 Å². The van der Waals surface area contributed by atoms with Gasteiger partial charge in [-0.2, -0.15) is 4.98 Å². The normalized spacial score (nSPS) is 26.0. The Hall–Kier alpha value is -1.47. The molecule has 2 heterocycles. The van der Waals surface area contributed by atoms with Crippen molar-refractivity contribution in [2.45, 2.75) is 64.7 Å². The number of aromatic nitrogens is 2. The molecule has 7 nitrogen and oxygen atoms in total. The lowest BCUT2D eigenvalue weighted by Gasteiger charge is -2.35. The molecule has 1 aliphatic heterocycles. The zero-order valence-electron chi connectivity index (χ0n) is 15.0. The van der Waals surface area contributed by atoms with Crippen LogP contribution in [0.25, 0.3) is 0 Å². The van der Waals surface area contributed by atoms with Gasteiger partial charge in [0.15, 0.2) is 5.82 Å². The number of morpholine rings is 1. The van der Waals surface area contributed by atoms with Gasteiger partial charge in [0, 0.05) is 19.0 Å². The van der Waals surface area contributed by atoms with Crippen LogP contribution in [-0.2, 0) is 9.53 Å². The lowest BCUT2D eigenvalue weighted by atomic mass is 10.0. The molecule has 0 bridgehead atoms. The van der Waals surface area contributed by atoms with Gasteiger partial charge in [0.05, 0.1) is 24.8 Å². The molecule has 134 valence electrons. The van der Waals surface area contributed by atoms with Gasteiger partial charge in [0.2, 0.25) is 11.8 Å². The van der Waals surface area contributed by atoms with Crippen LogP contribution < -0.4 is 5.32 Å². The quantitative estimate of drug-likeness (QED) is 0.854. The summed E-state index contributed by atoms with van der Waals surface area (Å²) in [4.78, 5) is 18.9. The highest BCUT2D eigenvalue weighted by Crippen LogP contribution is 2.38. The molecule has 1 saturated carbocycles. The first-order valence-electron chi connectivity index (χ1n) is 8.94. The number of amides is 1. The number of hydrogen-bond donors (Lipinski definition) is 1. The third-order valence-electron chi connectivity index (χ3n) is 4.58. The van der Waals surface area contributed by atoms with Crippen molar-refractivity contribution in [2.75, 3.05) is 19.6 Å². The van der Waals surface area contributed by atoms with Gasteiger partial charge in [-0.05, 0) is 32.6 Å². The van der Waals surface area contributed by atoms with Gasteiger partial charge in [-0.15, -0.1) is 0 Å². The van der Waals surface area contributed by atoms with Crippen molar-refractivity contribution >= 4 is 5.91 Å². The molecule has 2 aliphatic rings. The van der Waals surface area contributed by atoms with Crippen molar-refractivity contribution in [1.29, 1.82) is 0 Å². The third-order valence-corrected chi connectivity index (χ3v) is 4.58. The molecule has 1 aromatic heterocycles. The minimum absolute atomic E-state index is 0.0793. The average Bonchev–Trinajstić information content (AvgIpc) is 3.25. The number of carbonyl (C=O) groups excluding carboxylic acids is 1. The average molecular weight is 336 g/mol. The van der Waals surface area contributed by atoms with Crippen LogP contribution in [0.5, 0.6) is 0 Å². The second kappa shape index (κ2) is 7.19. The zero-order chi connectivity index (χ0) is 17.3. The Morgan fingerprint density at radius 3 is 2.54 bits per heavy atom. The Kier molecular flexibility index (Phi) is 5.20.